The number of pyridine rings is 1. The summed E-state index contributed by atoms with van der Waals surface area (Å²) in [6.07, 6.45) is 3.05. The first-order valence-electron chi connectivity index (χ1n) is 7.93. The molecule has 0 bridgehead atoms. The molecule has 0 saturated heterocycles. The van der Waals surface area contributed by atoms with E-state index >= 15 is 0 Å². The van der Waals surface area contributed by atoms with Crippen molar-refractivity contribution in [2.24, 2.45) is 0 Å². The Bertz CT molecular complexity index is 856. The van der Waals surface area contributed by atoms with Gasteiger partial charge in [0.15, 0.2) is 0 Å². The molecular formula is C21H20NO3. The quantitative estimate of drug-likeness (QED) is 0.686. The molecule has 0 aliphatic rings. The van der Waals surface area contributed by atoms with Crippen molar-refractivity contribution in [3.8, 4) is 39.6 Å². The van der Waals surface area contributed by atoms with Crippen LogP contribution in [-0.4, -0.2) is 26.3 Å². The minimum absolute atomic E-state index is 0.543. The molecule has 0 fully saturated rings. The number of hydrogen-bond donors (Lipinski definition) is 0. The largest absolute Gasteiger partial charge is 0.497 e. The van der Waals surface area contributed by atoms with E-state index in [2.05, 4.69) is 11.2 Å². The Balaban J connectivity index is 2.22. The van der Waals surface area contributed by atoms with Crippen molar-refractivity contribution in [1.82, 2.24) is 4.98 Å². The first-order valence-corrected chi connectivity index (χ1v) is 7.93. The van der Waals surface area contributed by atoms with E-state index in [4.69, 9.17) is 14.2 Å². The maximum atomic E-state index is 5.52. The summed E-state index contributed by atoms with van der Waals surface area (Å²) >= 11 is 0. The highest BCUT2D eigenvalue weighted by Crippen LogP contribution is 2.40. The van der Waals surface area contributed by atoms with Gasteiger partial charge in [0.25, 0.3) is 0 Å². The zero-order chi connectivity index (χ0) is 17.8. The first-order chi connectivity index (χ1) is 12.2. The molecule has 4 heteroatoms. The number of methoxy groups -OCH3 is 3. The molecule has 0 N–H and O–H groups in total. The molecule has 0 aliphatic heterocycles. The number of aromatic nitrogens is 1. The molecule has 0 amide bonds. The van der Waals surface area contributed by atoms with Gasteiger partial charge in [0.05, 0.1) is 33.1 Å². The maximum absolute atomic E-state index is 5.52. The van der Waals surface area contributed by atoms with E-state index in [0.29, 0.717) is 5.88 Å². The summed E-state index contributed by atoms with van der Waals surface area (Å²) in [5.74, 6) is 2.17. The summed E-state index contributed by atoms with van der Waals surface area (Å²) in [5, 5.41) is 0. The Labute approximate surface area is 148 Å². The van der Waals surface area contributed by atoms with Gasteiger partial charge in [-0.2, -0.15) is 0 Å². The Morgan fingerprint density at radius 1 is 0.680 bits per heavy atom. The van der Waals surface area contributed by atoms with E-state index < -0.39 is 0 Å². The fourth-order valence-corrected chi connectivity index (χ4v) is 2.83. The Morgan fingerprint density at radius 3 is 1.60 bits per heavy atom. The minimum atomic E-state index is 0.543. The van der Waals surface area contributed by atoms with Gasteiger partial charge in [0.2, 0.25) is 5.88 Å². The van der Waals surface area contributed by atoms with Gasteiger partial charge in [-0.05, 0) is 47.9 Å². The fourth-order valence-electron chi connectivity index (χ4n) is 2.83. The van der Waals surface area contributed by atoms with Gasteiger partial charge in [-0.3, -0.25) is 0 Å². The lowest BCUT2D eigenvalue weighted by molar-refractivity contribution is 0.399. The summed E-state index contributed by atoms with van der Waals surface area (Å²) in [6, 6.07) is 15.8. The van der Waals surface area contributed by atoms with Gasteiger partial charge in [0.1, 0.15) is 11.5 Å². The summed E-state index contributed by atoms with van der Waals surface area (Å²) in [5.41, 5.74) is 5.00. The zero-order valence-corrected chi connectivity index (χ0v) is 14.8. The van der Waals surface area contributed by atoms with Crippen LogP contribution >= 0.6 is 0 Å². The normalized spacial score (nSPS) is 10.4. The van der Waals surface area contributed by atoms with Crippen LogP contribution in [0, 0.1) is 13.1 Å². The maximum Gasteiger partial charge on any atom is 0.222 e. The van der Waals surface area contributed by atoms with Crippen molar-refractivity contribution in [1.29, 1.82) is 0 Å². The van der Waals surface area contributed by atoms with Crippen LogP contribution in [0.25, 0.3) is 22.3 Å². The molecule has 0 unspecified atom stereocenters. The standard InChI is InChI=1S/C21H20NO3/c1-14-13-22-21(25-4)20(16-7-11-18(24-3)12-8-16)19(14)15-5-9-17(23-2)10-6-15/h5-12H,1-4H3. The third-order valence-electron chi connectivity index (χ3n) is 4.11. The summed E-state index contributed by atoms with van der Waals surface area (Å²) < 4.78 is 16.0. The zero-order valence-electron chi connectivity index (χ0n) is 14.8. The smallest absolute Gasteiger partial charge is 0.222 e. The lowest BCUT2D eigenvalue weighted by Gasteiger charge is -2.16. The van der Waals surface area contributed by atoms with Crippen molar-refractivity contribution in [3.63, 3.8) is 0 Å². The van der Waals surface area contributed by atoms with Gasteiger partial charge >= 0.3 is 0 Å². The molecule has 3 aromatic rings. The molecule has 4 nitrogen and oxygen atoms in total. The van der Waals surface area contributed by atoms with Gasteiger partial charge in [-0.15, -0.1) is 0 Å². The molecule has 0 atom stereocenters. The van der Waals surface area contributed by atoms with Crippen LogP contribution in [0.3, 0.4) is 0 Å². The highest BCUT2D eigenvalue weighted by molar-refractivity contribution is 5.88. The fraction of sp³-hybridized carbons (Fsp3) is 0.190. The van der Waals surface area contributed by atoms with Crippen molar-refractivity contribution in [2.45, 2.75) is 6.92 Å². The molecule has 1 radical (unpaired) electrons. The monoisotopic (exact) mass is 334 g/mol. The first kappa shape index (κ1) is 16.8. The molecule has 1 aromatic heterocycles. The number of nitrogens with zero attached hydrogens (tertiary/aromatic N) is 1. The molecule has 0 aliphatic carbocycles. The highest BCUT2D eigenvalue weighted by atomic mass is 16.5. The van der Waals surface area contributed by atoms with E-state index in [9.17, 15) is 0 Å². The topological polar surface area (TPSA) is 40.6 Å². The molecule has 25 heavy (non-hydrogen) atoms. The van der Waals surface area contributed by atoms with Gasteiger partial charge in [0, 0.05) is 5.56 Å². The van der Waals surface area contributed by atoms with E-state index in [-0.39, 0.29) is 0 Å². The van der Waals surface area contributed by atoms with Crippen LogP contribution in [0.4, 0.5) is 0 Å². The molecule has 1 heterocycles. The Hall–Kier alpha value is -3.01. The molecule has 2 aromatic carbocycles. The van der Waals surface area contributed by atoms with Crippen LogP contribution in [0.5, 0.6) is 17.4 Å². The molecular weight excluding hydrogens is 314 g/mol. The van der Waals surface area contributed by atoms with Gasteiger partial charge in [-0.1, -0.05) is 24.3 Å². The highest BCUT2D eigenvalue weighted by Gasteiger charge is 2.17. The molecule has 0 spiro atoms. The average molecular weight is 334 g/mol. The van der Waals surface area contributed by atoms with Crippen LogP contribution in [0.1, 0.15) is 5.56 Å². The number of hydrogen-bond acceptors (Lipinski definition) is 4. The van der Waals surface area contributed by atoms with Crippen LogP contribution in [0.2, 0.25) is 0 Å². The van der Waals surface area contributed by atoms with Crippen molar-refractivity contribution < 1.29 is 14.2 Å². The molecule has 3 rings (SSSR count). The van der Waals surface area contributed by atoms with Crippen LogP contribution in [-0.2, 0) is 0 Å². The van der Waals surface area contributed by atoms with E-state index in [1.54, 1.807) is 21.3 Å². The second kappa shape index (κ2) is 7.26. The molecule has 0 saturated carbocycles. The number of aryl methyl sites for hydroxylation is 1. The third-order valence-corrected chi connectivity index (χ3v) is 4.11. The SMILES string of the molecule is COc1ccc(-c2c(C)[c]nc(OC)c2-c2ccc(OC)cc2)cc1. The second-order valence-electron chi connectivity index (χ2n) is 5.56. The number of benzene rings is 2. The summed E-state index contributed by atoms with van der Waals surface area (Å²) in [6.45, 7) is 2.00. The van der Waals surface area contributed by atoms with Gasteiger partial charge < -0.3 is 14.2 Å². The van der Waals surface area contributed by atoms with Crippen LogP contribution < -0.4 is 14.2 Å². The van der Waals surface area contributed by atoms with Crippen molar-refractivity contribution >= 4 is 0 Å². The molecule has 127 valence electrons. The third kappa shape index (κ3) is 3.29. The summed E-state index contributed by atoms with van der Waals surface area (Å²) in [4.78, 5) is 4.33. The second-order valence-corrected chi connectivity index (χ2v) is 5.56. The Kier molecular flexibility index (Phi) is 4.89. The number of ether oxygens (including phenoxy) is 3. The predicted molar refractivity (Wildman–Crippen MR) is 98.3 cm³/mol. The minimum Gasteiger partial charge on any atom is -0.497 e. The Morgan fingerprint density at radius 2 is 1.16 bits per heavy atom. The van der Waals surface area contributed by atoms with Gasteiger partial charge in [-0.25, -0.2) is 4.98 Å². The lowest BCUT2D eigenvalue weighted by Crippen LogP contribution is -1.98. The van der Waals surface area contributed by atoms with E-state index in [1.807, 2.05) is 55.5 Å². The summed E-state index contributed by atoms with van der Waals surface area (Å²) in [7, 11) is 4.93. The lowest BCUT2D eigenvalue weighted by atomic mass is 9.92. The van der Waals surface area contributed by atoms with Crippen molar-refractivity contribution in [2.75, 3.05) is 21.3 Å². The predicted octanol–water partition coefficient (Wildman–Crippen LogP) is 4.55. The average Bonchev–Trinajstić information content (AvgIpc) is 2.68. The number of rotatable bonds is 5. The van der Waals surface area contributed by atoms with E-state index in [1.165, 1.54) is 0 Å². The van der Waals surface area contributed by atoms with Crippen LogP contribution in [0.15, 0.2) is 48.5 Å². The van der Waals surface area contributed by atoms with E-state index in [0.717, 1.165) is 39.3 Å². The van der Waals surface area contributed by atoms with Crippen molar-refractivity contribution in [3.05, 3.63) is 60.3 Å².